The first-order valence-electron chi connectivity index (χ1n) is 9.57. The van der Waals surface area contributed by atoms with Gasteiger partial charge in [-0.05, 0) is 22.9 Å². The van der Waals surface area contributed by atoms with Crippen LogP contribution in [0.25, 0.3) is 33.5 Å². The molecule has 4 rings (SSSR count). The van der Waals surface area contributed by atoms with Crippen LogP contribution in [0.5, 0.6) is 0 Å². The quantitative estimate of drug-likeness (QED) is 0.140. The zero-order chi connectivity index (χ0) is 24.7. The van der Waals surface area contributed by atoms with E-state index in [1.807, 2.05) is 0 Å². The Morgan fingerprint density at radius 1 is 1.12 bits per heavy atom. The number of nitrogens with zero attached hydrogens (tertiary/aromatic N) is 4. The summed E-state index contributed by atoms with van der Waals surface area (Å²) in [5.74, 6) is -0.0949. The van der Waals surface area contributed by atoms with E-state index in [4.69, 9.17) is 21.7 Å². The van der Waals surface area contributed by atoms with E-state index in [9.17, 15) is 16.8 Å². The number of anilines is 1. The number of rotatable bonds is 8. The fraction of sp³-hybridized carbons (Fsp3) is 0.176. The Balaban J connectivity index is 2.06. The minimum Gasteiger partial charge on any atom is -0.395 e. The SMILES string of the molecule is Nc1nc2c(-c3ccc(S(=O)(=O)NC[C@@H](N)CO)c(S(N)(=O)=O)c3-c3nn[nH]n3)cccc2[nH]1. The third kappa shape index (κ3) is 4.34. The standard InChI is InChI=1S/C17H20N10O5S2/c18-8(7-28)6-21-34(31,32)12-5-4-9(10-2-1-3-11-14(10)23-17(19)22-11)13(15(12)33(20,29)30)16-24-26-27-25-16/h1-5,8,21,28H,6-7,18H2,(H3,19,22,23)(H2,20,29,30)(H,24,25,26,27)/t8-/m1/s1. The van der Waals surface area contributed by atoms with E-state index >= 15 is 0 Å². The van der Waals surface area contributed by atoms with Crippen molar-refractivity contribution in [3.8, 4) is 22.5 Å². The van der Waals surface area contributed by atoms with Gasteiger partial charge in [0.15, 0.2) is 5.95 Å². The second-order valence-corrected chi connectivity index (χ2v) is 10.4. The molecule has 0 aliphatic rings. The zero-order valence-corrected chi connectivity index (χ0v) is 18.9. The monoisotopic (exact) mass is 508 g/mol. The Hall–Kier alpha value is -3.48. The molecule has 0 unspecified atom stereocenters. The number of aliphatic hydroxyl groups excluding tert-OH is 1. The number of nitrogens with two attached hydrogens (primary N) is 3. The Kier molecular flexibility index (Phi) is 6.06. The van der Waals surface area contributed by atoms with E-state index in [1.165, 1.54) is 6.07 Å². The number of benzene rings is 2. The maximum absolute atomic E-state index is 13.0. The van der Waals surface area contributed by atoms with Crippen molar-refractivity contribution >= 4 is 37.0 Å². The predicted molar refractivity (Wildman–Crippen MR) is 121 cm³/mol. The van der Waals surface area contributed by atoms with Crippen LogP contribution in [0.1, 0.15) is 0 Å². The molecule has 2 aromatic heterocycles. The van der Waals surface area contributed by atoms with Gasteiger partial charge in [0, 0.05) is 18.2 Å². The van der Waals surface area contributed by atoms with Crippen LogP contribution in [-0.2, 0) is 20.0 Å². The van der Waals surface area contributed by atoms with Gasteiger partial charge in [-0.3, -0.25) is 0 Å². The molecule has 2 aromatic carbocycles. The number of para-hydroxylation sites is 1. The van der Waals surface area contributed by atoms with E-state index < -0.39 is 42.5 Å². The summed E-state index contributed by atoms with van der Waals surface area (Å²) in [5.41, 5.74) is 12.7. The summed E-state index contributed by atoms with van der Waals surface area (Å²) in [7, 11) is -9.13. The molecule has 17 heteroatoms. The molecule has 4 aromatic rings. The van der Waals surface area contributed by atoms with Crippen LogP contribution in [0.3, 0.4) is 0 Å². The first-order chi connectivity index (χ1) is 16.0. The van der Waals surface area contributed by atoms with E-state index in [2.05, 4.69) is 35.3 Å². The van der Waals surface area contributed by atoms with Crippen LogP contribution in [-0.4, -0.2) is 71.7 Å². The van der Waals surface area contributed by atoms with Gasteiger partial charge >= 0.3 is 0 Å². The number of sulfonamides is 2. The van der Waals surface area contributed by atoms with Gasteiger partial charge in [-0.2, -0.15) is 5.21 Å². The van der Waals surface area contributed by atoms with Gasteiger partial charge in [-0.25, -0.2) is 31.7 Å². The van der Waals surface area contributed by atoms with Crippen molar-refractivity contribution in [2.45, 2.75) is 15.8 Å². The van der Waals surface area contributed by atoms with Crippen molar-refractivity contribution < 1.29 is 21.9 Å². The molecule has 0 saturated heterocycles. The van der Waals surface area contributed by atoms with Crippen molar-refractivity contribution in [1.29, 1.82) is 0 Å². The van der Waals surface area contributed by atoms with E-state index in [1.54, 1.807) is 18.2 Å². The third-order valence-electron chi connectivity index (χ3n) is 4.86. The van der Waals surface area contributed by atoms with Crippen molar-refractivity contribution in [3.63, 3.8) is 0 Å². The van der Waals surface area contributed by atoms with Crippen LogP contribution < -0.4 is 21.3 Å². The van der Waals surface area contributed by atoms with Gasteiger partial charge < -0.3 is 21.6 Å². The highest BCUT2D eigenvalue weighted by Crippen LogP contribution is 2.40. The van der Waals surface area contributed by atoms with Crippen molar-refractivity contribution in [2.75, 3.05) is 18.9 Å². The number of primary sulfonamides is 1. The number of hydrogen-bond acceptors (Lipinski definition) is 11. The molecule has 0 saturated carbocycles. The Labute approximate surface area is 192 Å². The predicted octanol–water partition coefficient (Wildman–Crippen LogP) is -1.76. The molecule has 0 aliphatic carbocycles. The topological polar surface area (TPSA) is 262 Å². The molecule has 1 atom stereocenters. The van der Waals surface area contributed by atoms with Crippen molar-refractivity contribution in [3.05, 3.63) is 30.3 Å². The minimum absolute atomic E-state index is 0.124. The maximum atomic E-state index is 13.0. The molecule has 0 bridgehead atoms. The van der Waals surface area contributed by atoms with Crippen LogP contribution in [0.4, 0.5) is 5.95 Å². The summed E-state index contributed by atoms with van der Waals surface area (Å²) in [4.78, 5) is 5.71. The van der Waals surface area contributed by atoms with Gasteiger partial charge in [0.1, 0.15) is 9.79 Å². The summed E-state index contributed by atoms with van der Waals surface area (Å²) in [5, 5.41) is 28.0. The minimum atomic E-state index is -4.67. The average molecular weight is 509 g/mol. The Bertz CT molecular complexity index is 1570. The van der Waals surface area contributed by atoms with Gasteiger partial charge in [0.05, 0.1) is 23.2 Å². The highest BCUT2D eigenvalue weighted by Gasteiger charge is 2.32. The number of aliphatic hydroxyl groups is 1. The number of fused-ring (bicyclic) bond motifs is 1. The summed E-state index contributed by atoms with van der Waals surface area (Å²) >= 11 is 0. The van der Waals surface area contributed by atoms with Gasteiger partial charge in [-0.15, -0.1) is 10.2 Å². The second kappa shape index (κ2) is 8.70. The Morgan fingerprint density at radius 3 is 2.53 bits per heavy atom. The van der Waals surface area contributed by atoms with Crippen LogP contribution in [0.2, 0.25) is 0 Å². The first-order valence-corrected chi connectivity index (χ1v) is 12.6. The van der Waals surface area contributed by atoms with E-state index in [0.717, 1.165) is 6.07 Å². The number of tetrazole rings is 1. The molecule has 0 aliphatic heterocycles. The molecule has 2 heterocycles. The zero-order valence-electron chi connectivity index (χ0n) is 17.3. The first kappa shape index (κ1) is 23.7. The van der Waals surface area contributed by atoms with Crippen molar-refractivity contribution in [1.82, 2.24) is 35.3 Å². The number of nitrogens with one attached hydrogen (secondary N) is 3. The summed E-state index contributed by atoms with van der Waals surface area (Å²) in [6, 6.07) is 6.58. The molecule has 0 radical (unpaired) electrons. The number of H-pyrrole nitrogens is 2. The van der Waals surface area contributed by atoms with E-state index in [-0.39, 0.29) is 29.4 Å². The molecule has 180 valence electrons. The molecule has 0 spiro atoms. The fourth-order valence-electron chi connectivity index (χ4n) is 3.40. The second-order valence-electron chi connectivity index (χ2n) is 7.21. The number of nitrogen functional groups attached to an aromatic ring is 1. The lowest BCUT2D eigenvalue weighted by Crippen LogP contribution is -2.39. The summed E-state index contributed by atoms with van der Waals surface area (Å²) < 4.78 is 53.8. The average Bonchev–Trinajstić information content (AvgIpc) is 3.44. The summed E-state index contributed by atoms with van der Waals surface area (Å²) in [6.45, 7) is -0.845. The lowest BCUT2D eigenvalue weighted by molar-refractivity contribution is 0.266. The molecule has 34 heavy (non-hydrogen) atoms. The molecule has 0 amide bonds. The van der Waals surface area contributed by atoms with Gasteiger partial charge in [0.25, 0.3) is 0 Å². The normalized spacial score (nSPS) is 13.4. The molecule has 10 N–H and O–H groups in total. The molecular formula is C17H20N10O5S2. The molecule has 15 nitrogen and oxygen atoms in total. The van der Waals surface area contributed by atoms with Crippen molar-refractivity contribution in [2.24, 2.45) is 10.9 Å². The van der Waals surface area contributed by atoms with Gasteiger partial charge in [-0.1, -0.05) is 18.2 Å². The summed E-state index contributed by atoms with van der Waals surface area (Å²) in [6.07, 6.45) is 0. The van der Waals surface area contributed by atoms with Crippen LogP contribution in [0.15, 0.2) is 40.1 Å². The van der Waals surface area contributed by atoms with Gasteiger partial charge in [0.2, 0.25) is 25.9 Å². The lowest BCUT2D eigenvalue weighted by atomic mass is 9.98. The molecular weight excluding hydrogens is 488 g/mol. The number of aromatic amines is 2. The van der Waals surface area contributed by atoms with Crippen LogP contribution >= 0.6 is 0 Å². The van der Waals surface area contributed by atoms with Crippen LogP contribution in [0, 0.1) is 0 Å². The number of hydrogen-bond donors (Lipinski definition) is 7. The highest BCUT2D eigenvalue weighted by atomic mass is 32.2. The maximum Gasteiger partial charge on any atom is 0.242 e. The third-order valence-corrected chi connectivity index (χ3v) is 7.44. The van der Waals surface area contributed by atoms with E-state index in [0.29, 0.717) is 16.6 Å². The number of aromatic nitrogens is 6. The lowest BCUT2D eigenvalue weighted by Gasteiger charge is -2.17. The number of imidazole rings is 1. The molecule has 0 fully saturated rings. The fourth-order valence-corrected chi connectivity index (χ4v) is 6.09. The Morgan fingerprint density at radius 2 is 1.88 bits per heavy atom. The highest BCUT2D eigenvalue weighted by molar-refractivity contribution is 7.92. The largest absolute Gasteiger partial charge is 0.395 e. The smallest absolute Gasteiger partial charge is 0.242 e.